The van der Waals surface area contributed by atoms with E-state index in [1.165, 1.54) is 0 Å². The maximum atomic E-state index is 6.58. The van der Waals surface area contributed by atoms with Crippen LogP contribution in [0, 0.1) is 0 Å². The van der Waals surface area contributed by atoms with Crippen LogP contribution in [-0.4, -0.2) is 40.3 Å². The highest BCUT2D eigenvalue weighted by Crippen LogP contribution is 2.40. The quantitative estimate of drug-likeness (QED) is 0.108. The van der Waals surface area contributed by atoms with E-state index in [0.717, 1.165) is 62.0 Å². The Labute approximate surface area is 342 Å². The summed E-state index contributed by atoms with van der Waals surface area (Å²) < 4.78 is 11.7. The standard InChI is InChI=1S/C23H16ClN5O.C23H17N5O/c24-22-18(17-8-4-5-13-26-17)21-19(23(25)29-28-21)20(27-22)14-9-11-16(12-10-14)30-15-6-2-1-3-7-15;24-23-20-21(15-9-11-17(12-10-15)29-16-6-2-1-3-7-16)26-14-18(22(20)27-28-23)19-8-4-5-13-25-19/h1-13H,(H3,25,28,29);1-14H,(H3,24,27,28). The fourth-order valence-electron chi connectivity index (χ4n) is 6.64. The Bertz CT molecular complexity index is 3000. The number of halogens is 1. The molecule has 0 fully saturated rings. The smallest absolute Gasteiger partial charge is 0.155 e. The van der Waals surface area contributed by atoms with Crippen LogP contribution < -0.4 is 20.9 Å². The van der Waals surface area contributed by atoms with Gasteiger partial charge in [-0.2, -0.15) is 10.2 Å². The number of nitrogens with two attached hydrogens (primary N) is 2. The van der Waals surface area contributed by atoms with Gasteiger partial charge in [-0.15, -0.1) is 0 Å². The molecule has 0 unspecified atom stereocenters. The largest absolute Gasteiger partial charge is 0.457 e. The predicted molar refractivity (Wildman–Crippen MR) is 232 cm³/mol. The topological polar surface area (TPSA) is 179 Å². The lowest BCUT2D eigenvalue weighted by Crippen LogP contribution is -1.94. The molecule has 0 aliphatic rings. The Kier molecular flexibility index (Phi) is 10.0. The molecule has 12 nitrogen and oxygen atoms in total. The van der Waals surface area contributed by atoms with Crippen molar-refractivity contribution >= 4 is 45.0 Å². The van der Waals surface area contributed by atoms with Crippen molar-refractivity contribution in [1.29, 1.82) is 0 Å². The summed E-state index contributed by atoms with van der Waals surface area (Å²) in [5.74, 6) is 3.79. The Morgan fingerprint density at radius 1 is 0.475 bits per heavy atom. The summed E-state index contributed by atoms with van der Waals surface area (Å²) in [6.07, 6.45) is 5.25. The highest BCUT2D eigenvalue weighted by atomic mass is 35.5. The van der Waals surface area contributed by atoms with Crippen molar-refractivity contribution in [2.75, 3.05) is 11.5 Å². The zero-order valence-electron chi connectivity index (χ0n) is 31.1. The second-order valence-electron chi connectivity index (χ2n) is 13.2. The van der Waals surface area contributed by atoms with E-state index in [0.29, 0.717) is 44.6 Å². The maximum Gasteiger partial charge on any atom is 0.155 e. The highest BCUT2D eigenvalue weighted by Gasteiger charge is 2.21. The number of rotatable bonds is 8. The maximum absolute atomic E-state index is 6.58. The Morgan fingerprint density at radius 3 is 1.49 bits per heavy atom. The Morgan fingerprint density at radius 2 is 0.949 bits per heavy atom. The Hall–Kier alpha value is -8.09. The summed E-state index contributed by atoms with van der Waals surface area (Å²) >= 11 is 6.58. The number of nitrogens with one attached hydrogen (secondary N) is 2. The van der Waals surface area contributed by atoms with Crippen molar-refractivity contribution < 1.29 is 9.47 Å². The SMILES string of the molecule is Nc1n[nH]c2c(-c3ccccn3)c(Cl)nc(-c3ccc(Oc4ccccc4)cc3)c12.Nc1n[nH]c2c(-c3ccccn3)cnc(-c3ccc(Oc4ccccc4)cc3)c12. The van der Waals surface area contributed by atoms with Crippen molar-refractivity contribution in [3.63, 3.8) is 0 Å². The van der Waals surface area contributed by atoms with Crippen molar-refractivity contribution in [3.05, 3.63) is 169 Å². The lowest BCUT2D eigenvalue weighted by molar-refractivity contribution is 0.482. The second-order valence-corrected chi connectivity index (χ2v) is 13.5. The molecule has 10 rings (SSSR count). The van der Waals surface area contributed by atoms with Crippen LogP contribution in [0.25, 0.3) is 66.8 Å². The van der Waals surface area contributed by atoms with Gasteiger partial charge in [-0.25, -0.2) is 4.98 Å². The van der Waals surface area contributed by atoms with E-state index >= 15 is 0 Å². The molecular formula is C46H33ClN10O2. The van der Waals surface area contributed by atoms with Crippen molar-refractivity contribution in [1.82, 2.24) is 40.3 Å². The number of benzene rings is 4. The van der Waals surface area contributed by atoms with Gasteiger partial charge in [0.15, 0.2) is 11.6 Å². The molecule has 59 heavy (non-hydrogen) atoms. The molecule has 286 valence electrons. The van der Waals surface area contributed by atoms with Crippen LogP contribution in [0.15, 0.2) is 164 Å². The summed E-state index contributed by atoms with van der Waals surface area (Å²) in [6.45, 7) is 0. The van der Waals surface area contributed by atoms with Gasteiger partial charge in [0.1, 0.15) is 28.2 Å². The van der Waals surface area contributed by atoms with E-state index in [4.69, 9.17) is 32.5 Å². The summed E-state index contributed by atoms with van der Waals surface area (Å²) in [5, 5.41) is 16.2. The average Bonchev–Trinajstić information content (AvgIpc) is 3.87. The van der Waals surface area contributed by atoms with Gasteiger partial charge in [0.25, 0.3) is 0 Å². The zero-order chi connectivity index (χ0) is 40.1. The summed E-state index contributed by atoms with van der Waals surface area (Å²) in [6, 6.07) is 46.0. The van der Waals surface area contributed by atoms with Crippen LogP contribution in [0.1, 0.15) is 0 Å². The van der Waals surface area contributed by atoms with Gasteiger partial charge in [0.2, 0.25) is 0 Å². The van der Waals surface area contributed by atoms with E-state index in [1.807, 2.05) is 146 Å². The lowest BCUT2D eigenvalue weighted by Gasteiger charge is -2.10. The molecule has 0 aliphatic heterocycles. The van der Waals surface area contributed by atoms with Crippen LogP contribution in [0.2, 0.25) is 5.15 Å². The molecule has 6 aromatic heterocycles. The molecule has 0 radical (unpaired) electrons. The molecule has 0 saturated heterocycles. The number of hydrogen-bond acceptors (Lipinski definition) is 10. The monoisotopic (exact) mass is 792 g/mol. The highest BCUT2D eigenvalue weighted by molar-refractivity contribution is 6.34. The van der Waals surface area contributed by atoms with Crippen molar-refractivity contribution in [2.24, 2.45) is 0 Å². The van der Waals surface area contributed by atoms with Gasteiger partial charge < -0.3 is 20.9 Å². The molecule has 13 heteroatoms. The molecule has 0 bridgehead atoms. The number of pyridine rings is 4. The number of anilines is 2. The van der Waals surface area contributed by atoms with Crippen LogP contribution in [-0.2, 0) is 0 Å². The first-order chi connectivity index (χ1) is 29.0. The van der Waals surface area contributed by atoms with Gasteiger partial charge in [-0.05, 0) is 97.1 Å². The minimum absolute atomic E-state index is 0.324. The number of para-hydroxylation sites is 2. The number of fused-ring (bicyclic) bond motifs is 2. The second kappa shape index (κ2) is 16.2. The summed E-state index contributed by atoms with van der Waals surface area (Å²) in [4.78, 5) is 18.1. The van der Waals surface area contributed by atoms with Crippen LogP contribution in [0.5, 0.6) is 23.0 Å². The molecule has 0 saturated carbocycles. The molecule has 0 amide bonds. The number of hydrogen-bond donors (Lipinski definition) is 4. The van der Waals surface area contributed by atoms with E-state index in [-0.39, 0.29) is 0 Å². The Balaban J connectivity index is 0.000000152. The third kappa shape index (κ3) is 7.58. The molecule has 0 atom stereocenters. The number of nitrogens with zero attached hydrogens (tertiary/aromatic N) is 6. The molecule has 6 N–H and O–H groups in total. The van der Waals surface area contributed by atoms with Gasteiger partial charge >= 0.3 is 0 Å². The number of aromatic amines is 2. The molecule has 0 aliphatic carbocycles. The lowest BCUT2D eigenvalue weighted by atomic mass is 10.0. The zero-order valence-corrected chi connectivity index (χ0v) is 31.9. The number of nitrogen functional groups attached to an aromatic ring is 2. The van der Waals surface area contributed by atoms with Crippen LogP contribution in [0.4, 0.5) is 11.6 Å². The number of H-pyrrole nitrogens is 2. The van der Waals surface area contributed by atoms with E-state index in [9.17, 15) is 0 Å². The third-order valence-electron chi connectivity index (χ3n) is 9.40. The van der Waals surface area contributed by atoms with E-state index < -0.39 is 0 Å². The molecule has 4 aromatic carbocycles. The van der Waals surface area contributed by atoms with Gasteiger partial charge in [-0.3, -0.25) is 25.1 Å². The van der Waals surface area contributed by atoms with Crippen LogP contribution >= 0.6 is 11.6 Å². The first-order valence-electron chi connectivity index (χ1n) is 18.5. The van der Waals surface area contributed by atoms with Crippen molar-refractivity contribution in [3.8, 4) is 68.0 Å². The van der Waals surface area contributed by atoms with Gasteiger partial charge in [0.05, 0.1) is 50.1 Å². The fourth-order valence-corrected chi connectivity index (χ4v) is 6.91. The summed E-state index contributed by atoms with van der Waals surface area (Å²) in [5.41, 5.74) is 20.1. The predicted octanol–water partition coefficient (Wildman–Crippen LogP) is 10.8. The summed E-state index contributed by atoms with van der Waals surface area (Å²) in [7, 11) is 0. The van der Waals surface area contributed by atoms with Crippen molar-refractivity contribution in [2.45, 2.75) is 0 Å². The first-order valence-corrected chi connectivity index (χ1v) is 18.8. The number of ether oxygens (including phenoxy) is 2. The number of aromatic nitrogens is 8. The first kappa shape index (κ1) is 36.5. The van der Waals surface area contributed by atoms with Crippen LogP contribution in [0.3, 0.4) is 0 Å². The minimum atomic E-state index is 0.324. The third-order valence-corrected chi connectivity index (χ3v) is 9.67. The molecule has 0 spiro atoms. The van der Waals surface area contributed by atoms with E-state index in [2.05, 4.69) is 40.3 Å². The molecular weight excluding hydrogens is 760 g/mol. The molecule has 6 heterocycles. The van der Waals surface area contributed by atoms with Gasteiger partial charge in [0, 0.05) is 35.3 Å². The normalized spacial score (nSPS) is 10.9. The van der Waals surface area contributed by atoms with Gasteiger partial charge in [-0.1, -0.05) is 60.1 Å². The van der Waals surface area contributed by atoms with E-state index in [1.54, 1.807) is 18.6 Å². The average molecular weight is 793 g/mol. The fraction of sp³-hybridized carbons (Fsp3) is 0. The minimum Gasteiger partial charge on any atom is -0.457 e. The molecule has 10 aromatic rings.